The van der Waals surface area contributed by atoms with Crippen molar-refractivity contribution >= 4 is 34.0 Å². The normalized spacial score (nSPS) is 11.4. The number of hydrogen-bond acceptors (Lipinski definition) is 2. The van der Waals surface area contributed by atoms with E-state index >= 15 is 0 Å². The minimum Gasteiger partial charge on any atom is -0.399 e. The molecule has 0 saturated carbocycles. The highest BCUT2D eigenvalue weighted by molar-refractivity contribution is 14.1. The van der Waals surface area contributed by atoms with Gasteiger partial charge in [-0.1, -0.05) is 18.2 Å². The zero-order chi connectivity index (χ0) is 14.8. The van der Waals surface area contributed by atoms with Crippen LogP contribution in [0.5, 0.6) is 0 Å². The first-order chi connectivity index (χ1) is 9.38. The SMILES string of the molecule is Nc1ccc(NCc2ccccc2C(F)(F)F)c(I)c1. The lowest BCUT2D eigenvalue weighted by molar-refractivity contribution is -0.138. The van der Waals surface area contributed by atoms with Gasteiger partial charge in [-0.3, -0.25) is 0 Å². The third kappa shape index (κ3) is 3.56. The number of halogens is 4. The maximum atomic E-state index is 12.9. The molecule has 0 atom stereocenters. The molecule has 0 aliphatic rings. The molecule has 0 aliphatic heterocycles. The first kappa shape index (κ1) is 15.0. The van der Waals surface area contributed by atoms with Crippen LogP contribution in [0.4, 0.5) is 24.5 Å². The summed E-state index contributed by atoms with van der Waals surface area (Å²) in [5, 5.41) is 3.01. The topological polar surface area (TPSA) is 38.0 Å². The quantitative estimate of drug-likeness (QED) is 0.596. The van der Waals surface area contributed by atoms with Crippen LogP contribution in [0.2, 0.25) is 0 Å². The number of anilines is 2. The van der Waals surface area contributed by atoms with Crippen LogP contribution in [-0.4, -0.2) is 0 Å². The fraction of sp³-hybridized carbons (Fsp3) is 0.143. The smallest absolute Gasteiger partial charge is 0.399 e. The molecular formula is C14H12F3IN2. The van der Waals surface area contributed by atoms with E-state index in [1.54, 1.807) is 24.3 Å². The van der Waals surface area contributed by atoms with Crippen LogP contribution in [0, 0.1) is 3.57 Å². The molecule has 0 aromatic heterocycles. The lowest BCUT2D eigenvalue weighted by Gasteiger charge is -2.14. The van der Waals surface area contributed by atoms with Crippen LogP contribution < -0.4 is 11.1 Å². The van der Waals surface area contributed by atoms with Crippen molar-refractivity contribution in [3.8, 4) is 0 Å². The van der Waals surface area contributed by atoms with Crippen molar-refractivity contribution in [2.45, 2.75) is 12.7 Å². The van der Waals surface area contributed by atoms with Crippen LogP contribution >= 0.6 is 22.6 Å². The molecule has 2 aromatic carbocycles. The highest BCUT2D eigenvalue weighted by Crippen LogP contribution is 2.32. The van der Waals surface area contributed by atoms with Gasteiger partial charge in [-0.05, 0) is 52.4 Å². The molecule has 6 heteroatoms. The number of rotatable bonds is 3. The molecule has 0 radical (unpaired) electrons. The Morgan fingerprint density at radius 1 is 1.10 bits per heavy atom. The first-order valence-corrected chi connectivity index (χ1v) is 6.90. The van der Waals surface area contributed by atoms with E-state index in [1.807, 2.05) is 0 Å². The number of nitrogen functional groups attached to an aromatic ring is 1. The van der Waals surface area contributed by atoms with Gasteiger partial charge in [0.2, 0.25) is 0 Å². The summed E-state index contributed by atoms with van der Waals surface area (Å²) < 4.78 is 39.4. The van der Waals surface area contributed by atoms with E-state index in [2.05, 4.69) is 27.9 Å². The Labute approximate surface area is 128 Å². The van der Waals surface area contributed by atoms with Gasteiger partial charge in [-0.15, -0.1) is 0 Å². The molecule has 3 N–H and O–H groups in total. The van der Waals surface area contributed by atoms with Gasteiger partial charge < -0.3 is 11.1 Å². The van der Waals surface area contributed by atoms with Gasteiger partial charge in [-0.25, -0.2) is 0 Å². The number of benzene rings is 2. The third-order valence-corrected chi connectivity index (χ3v) is 3.68. The second kappa shape index (κ2) is 5.90. The van der Waals surface area contributed by atoms with Crippen LogP contribution in [-0.2, 0) is 12.7 Å². The predicted octanol–water partition coefficient (Wildman–Crippen LogP) is 4.50. The molecule has 0 amide bonds. The van der Waals surface area contributed by atoms with E-state index in [4.69, 9.17) is 5.73 Å². The standard InChI is InChI=1S/C14H12F3IN2/c15-14(16,17)11-4-2-1-3-9(11)8-20-13-6-5-10(19)7-12(13)18/h1-7,20H,8,19H2. The Balaban J connectivity index is 2.19. The van der Waals surface area contributed by atoms with Crippen LogP contribution in [0.15, 0.2) is 42.5 Å². The van der Waals surface area contributed by atoms with E-state index < -0.39 is 11.7 Å². The number of hydrogen-bond donors (Lipinski definition) is 2. The fourth-order valence-electron chi connectivity index (χ4n) is 1.82. The summed E-state index contributed by atoms with van der Waals surface area (Å²) in [7, 11) is 0. The molecule has 0 heterocycles. The first-order valence-electron chi connectivity index (χ1n) is 5.82. The molecule has 106 valence electrons. The Morgan fingerprint density at radius 3 is 2.45 bits per heavy atom. The van der Waals surface area contributed by atoms with Gasteiger partial charge in [0.15, 0.2) is 0 Å². The van der Waals surface area contributed by atoms with Gasteiger partial charge in [0.25, 0.3) is 0 Å². The molecule has 0 aliphatic carbocycles. The minimum atomic E-state index is -4.34. The highest BCUT2D eigenvalue weighted by atomic mass is 127. The van der Waals surface area contributed by atoms with Gasteiger partial charge in [0, 0.05) is 21.5 Å². The number of nitrogens with one attached hydrogen (secondary N) is 1. The zero-order valence-electron chi connectivity index (χ0n) is 10.3. The third-order valence-electron chi connectivity index (χ3n) is 2.79. The predicted molar refractivity (Wildman–Crippen MR) is 82.3 cm³/mol. The highest BCUT2D eigenvalue weighted by Gasteiger charge is 2.32. The average molecular weight is 392 g/mol. The second-order valence-corrected chi connectivity index (χ2v) is 5.41. The monoisotopic (exact) mass is 392 g/mol. The van der Waals surface area contributed by atoms with Crippen molar-refractivity contribution in [1.29, 1.82) is 0 Å². The van der Waals surface area contributed by atoms with E-state index in [0.29, 0.717) is 5.69 Å². The summed E-state index contributed by atoms with van der Waals surface area (Å²) in [6.45, 7) is 0.107. The van der Waals surface area contributed by atoms with Crippen molar-refractivity contribution in [2.75, 3.05) is 11.1 Å². The van der Waals surface area contributed by atoms with E-state index in [0.717, 1.165) is 15.3 Å². The van der Waals surface area contributed by atoms with Crippen LogP contribution in [0.1, 0.15) is 11.1 Å². The Kier molecular flexibility index (Phi) is 4.42. The maximum absolute atomic E-state index is 12.9. The van der Waals surface area contributed by atoms with Crippen LogP contribution in [0.3, 0.4) is 0 Å². The molecule has 2 nitrogen and oxygen atoms in total. The Morgan fingerprint density at radius 2 is 1.80 bits per heavy atom. The van der Waals surface area contributed by atoms with Gasteiger partial charge >= 0.3 is 6.18 Å². The van der Waals surface area contributed by atoms with Crippen LogP contribution in [0.25, 0.3) is 0 Å². The number of nitrogens with two attached hydrogens (primary N) is 1. The molecule has 0 unspecified atom stereocenters. The van der Waals surface area contributed by atoms with Crippen molar-refractivity contribution in [1.82, 2.24) is 0 Å². The van der Waals surface area contributed by atoms with Crippen molar-refractivity contribution in [3.05, 3.63) is 57.2 Å². The Hall–Kier alpha value is -1.44. The minimum absolute atomic E-state index is 0.107. The van der Waals surface area contributed by atoms with Crippen molar-refractivity contribution in [3.63, 3.8) is 0 Å². The van der Waals surface area contributed by atoms with Gasteiger partial charge in [0.1, 0.15) is 0 Å². The van der Waals surface area contributed by atoms with E-state index in [-0.39, 0.29) is 12.1 Å². The van der Waals surface area contributed by atoms with Gasteiger partial charge in [-0.2, -0.15) is 13.2 Å². The summed E-state index contributed by atoms with van der Waals surface area (Å²) in [5.41, 5.74) is 6.62. The maximum Gasteiger partial charge on any atom is 0.416 e. The Bertz CT molecular complexity index is 612. The zero-order valence-corrected chi connectivity index (χ0v) is 12.5. The molecule has 0 bridgehead atoms. The lowest BCUT2D eigenvalue weighted by atomic mass is 10.1. The summed E-state index contributed by atoms with van der Waals surface area (Å²) >= 11 is 2.09. The molecule has 0 fully saturated rings. The molecule has 0 saturated heterocycles. The summed E-state index contributed by atoms with van der Waals surface area (Å²) in [6.07, 6.45) is -4.34. The molecular weight excluding hydrogens is 380 g/mol. The molecule has 2 aromatic rings. The summed E-state index contributed by atoms with van der Waals surface area (Å²) in [6, 6.07) is 10.8. The summed E-state index contributed by atoms with van der Waals surface area (Å²) in [5.74, 6) is 0. The average Bonchev–Trinajstić information content (AvgIpc) is 2.37. The number of alkyl halides is 3. The molecule has 20 heavy (non-hydrogen) atoms. The van der Waals surface area contributed by atoms with Gasteiger partial charge in [0.05, 0.1) is 5.56 Å². The van der Waals surface area contributed by atoms with E-state index in [1.165, 1.54) is 12.1 Å². The van der Waals surface area contributed by atoms with Crippen molar-refractivity contribution in [2.24, 2.45) is 0 Å². The van der Waals surface area contributed by atoms with E-state index in [9.17, 15) is 13.2 Å². The fourth-order valence-corrected chi connectivity index (χ4v) is 2.55. The van der Waals surface area contributed by atoms with Crippen molar-refractivity contribution < 1.29 is 13.2 Å². The summed E-state index contributed by atoms with van der Waals surface area (Å²) in [4.78, 5) is 0. The second-order valence-electron chi connectivity index (χ2n) is 4.25. The largest absolute Gasteiger partial charge is 0.416 e. The molecule has 0 spiro atoms. The molecule has 2 rings (SSSR count). The lowest BCUT2D eigenvalue weighted by Crippen LogP contribution is -2.12.